The third-order valence-corrected chi connectivity index (χ3v) is 1.39. The van der Waals surface area contributed by atoms with E-state index in [-0.39, 0.29) is 18.8 Å². The lowest BCUT2D eigenvalue weighted by atomic mass is 10.1. The van der Waals surface area contributed by atoms with Gasteiger partial charge in [-0.25, -0.2) is 0 Å². The number of carbonyl (C=O) groups is 3. The fraction of sp³-hybridized carbons (Fsp3) is 0.700. The maximum atomic E-state index is 11.0. The number of carbonyl (C=O) groups excluding carboxylic acids is 3. The summed E-state index contributed by atoms with van der Waals surface area (Å²) in [4.78, 5) is 32.2. The maximum absolute atomic E-state index is 11.0. The maximum Gasteiger partial charge on any atom is 0.313 e. The highest BCUT2D eigenvalue weighted by Crippen LogP contribution is 2.10. The molecule has 0 aromatic carbocycles. The first kappa shape index (κ1) is 13.6. The Kier molecular flexibility index (Phi) is 4.97. The summed E-state index contributed by atoms with van der Waals surface area (Å²) in [5.74, 6) is -1.31. The molecule has 0 N–H and O–H groups in total. The molecule has 0 atom stereocenters. The quantitative estimate of drug-likeness (QED) is 0.503. The number of hydrogen-bond acceptors (Lipinski definition) is 5. The van der Waals surface area contributed by atoms with Gasteiger partial charge in [-0.05, 0) is 20.8 Å². The van der Waals surface area contributed by atoms with Gasteiger partial charge in [0.1, 0.15) is 24.4 Å². The lowest BCUT2D eigenvalue weighted by Crippen LogP contribution is -2.33. The molecule has 0 aromatic rings. The number of rotatable bonds is 5. The zero-order valence-electron chi connectivity index (χ0n) is 9.46. The molecule has 0 fully saturated rings. The average Bonchev–Trinajstić information content (AvgIpc) is 1.97. The van der Waals surface area contributed by atoms with Crippen molar-refractivity contribution in [3.63, 3.8) is 0 Å². The molecule has 0 aromatic heterocycles. The summed E-state index contributed by atoms with van der Waals surface area (Å²) in [5.41, 5.74) is -0.863. The van der Waals surface area contributed by atoms with Crippen molar-refractivity contribution in [3.8, 4) is 0 Å². The van der Waals surface area contributed by atoms with E-state index in [9.17, 15) is 14.4 Å². The van der Waals surface area contributed by atoms with Crippen molar-refractivity contribution in [2.24, 2.45) is 0 Å². The zero-order valence-corrected chi connectivity index (χ0v) is 9.46. The highest BCUT2D eigenvalue weighted by molar-refractivity contribution is 5.94. The van der Waals surface area contributed by atoms with Gasteiger partial charge >= 0.3 is 11.9 Å². The molecule has 5 nitrogen and oxygen atoms in total. The second kappa shape index (κ2) is 5.48. The summed E-state index contributed by atoms with van der Waals surface area (Å²) >= 11 is 0. The van der Waals surface area contributed by atoms with Gasteiger partial charge in [-0.15, -0.1) is 0 Å². The molecule has 0 amide bonds. The molecule has 0 unspecified atom stereocenters. The van der Waals surface area contributed by atoms with Crippen molar-refractivity contribution < 1.29 is 23.9 Å². The van der Waals surface area contributed by atoms with Crippen LogP contribution >= 0.6 is 0 Å². The second-order valence-electron chi connectivity index (χ2n) is 3.89. The van der Waals surface area contributed by atoms with Crippen LogP contribution in [0.2, 0.25) is 0 Å². The number of hydrogen-bond donors (Lipinski definition) is 0. The van der Waals surface area contributed by atoms with Crippen LogP contribution < -0.4 is 0 Å². The Hall–Kier alpha value is -1.39. The third kappa shape index (κ3) is 7.66. The molecule has 0 aliphatic rings. The van der Waals surface area contributed by atoms with Gasteiger partial charge in [0.05, 0.1) is 0 Å². The lowest BCUT2D eigenvalue weighted by molar-refractivity contribution is -0.167. The van der Waals surface area contributed by atoms with E-state index in [1.54, 1.807) is 13.8 Å². The summed E-state index contributed by atoms with van der Waals surface area (Å²) in [5, 5.41) is 0. The Labute approximate surface area is 88.7 Å². The van der Waals surface area contributed by atoms with E-state index in [2.05, 4.69) is 0 Å². The van der Waals surface area contributed by atoms with Crippen LogP contribution in [0.5, 0.6) is 0 Å². The topological polar surface area (TPSA) is 69.7 Å². The molecule has 0 saturated heterocycles. The molecular weight excluding hydrogens is 200 g/mol. The molecule has 0 aliphatic heterocycles. The minimum absolute atomic E-state index is 0.0569. The number of ketones is 1. The largest absolute Gasteiger partial charge is 0.461 e. The molecule has 0 spiro atoms. The Morgan fingerprint density at radius 1 is 1.13 bits per heavy atom. The molecule has 0 rings (SSSR count). The van der Waals surface area contributed by atoms with E-state index in [4.69, 9.17) is 9.47 Å². The summed E-state index contributed by atoms with van der Waals surface area (Å²) in [7, 11) is 0. The van der Waals surface area contributed by atoms with Gasteiger partial charge in [0.25, 0.3) is 0 Å². The molecule has 0 aliphatic carbocycles. The first-order valence-corrected chi connectivity index (χ1v) is 4.57. The summed E-state index contributed by atoms with van der Waals surface area (Å²) in [6.45, 7) is 5.77. The second-order valence-corrected chi connectivity index (χ2v) is 3.89. The van der Waals surface area contributed by atoms with Crippen LogP contribution in [-0.4, -0.2) is 29.9 Å². The van der Waals surface area contributed by atoms with Gasteiger partial charge in [0.2, 0.25) is 0 Å². The monoisotopic (exact) mass is 216 g/mol. The summed E-state index contributed by atoms with van der Waals surface area (Å²) < 4.78 is 9.67. The highest BCUT2D eigenvalue weighted by atomic mass is 16.6. The van der Waals surface area contributed by atoms with Gasteiger partial charge in [0.15, 0.2) is 0 Å². The van der Waals surface area contributed by atoms with E-state index in [1.165, 1.54) is 13.8 Å². The summed E-state index contributed by atoms with van der Waals surface area (Å²) in [6.07, 6.45) is -0.254. The molecule has 5 heteroatoms. The van der Waals surface area contributed by atoms with Gasteiger partial charge in [0, 0.05) is 6.92 Å². The highest BCUT2D eigenvalue weighted by Gasteiger charge is 2.23. The Balaban J connectivity index is 3.97. The van der Waals surface area contributed by atoms with Crippen molar-refractivity contribution >= 4 is 17.7 Å². The minimum atomic E-state index is -0.863. The van der Waals surface area contributed by atoms with Crippen LogP contribution in [0.15, 0.2) is 0 Å². The van der Waals surface area contributed by atoms with Crippen LogP contribution in [0.25, 0.3) is 0 Å². The SMILES string of the molecule is CC(=O)CC(=O)OCC(C)(C)OC(C)=O. The molecular formula is C10H16O5. The Bertz CT molecular complexity index is 267. The predicted octanol–water partition coefficient (Wildman–Crippen LogP) is 0.850. The fourth-order valence-corrected chi connectivity index (χ4v) is 0.927. The fourth-order valence-electron chi connectivity index (χ4n) is 0.927. The minimum Gasteiger partial charge on any atom is -0.461 e. The Morgan fingerprint density at radius 3 is 2.07 bits per heavy atom. The van der Waals surface area contributed by atoms with Crippen LogP contribution in [0.4, 0.5) is 0 Å². The van der Waals surface area contributed by atoms with E-state index in [0.717, 1.165) is 0 Å². The normalized spacial score (nSPS) is 10.7. The van der Waals surface area contributed by atoms with Crippen molar-refractivity contribution in [1.29, 1.82) is 0 Å². The molecule has 0 saturated carbocycles. The van der Waals surface area contributed by atoms with Crippen molar-refractivity contribution in [1.82, 2.24) is 0 Å². The lowest BCUT2D eigenvalue weighted by Gasteiger charge is -2.23. The molecule has 0 bridgehead atoms. The number of Topliss-reactive ketones (excluding diaryl/α,β-unsaturated/α-hetero) is 1. The van der Waals surface area contributed by atoms with E-state index in [0.29, 0.717) is 0 Å². The first-order chi connectivity index (χ1) is 6.73. The third-order valence-electron chi connectivity index (χ3n) is 1.39. The zero-order chi connectivity index (χ0) is 12.1. The van der Waals surface area contributed by atoms with Crippen molar-refractivity contribution in [2.45, 2.75) is 39.7 Å². The first-order valence-electron chi connectivity index (χ1n) is 4.57. The van der Waals surface area contributed by atoms with Crippen LogP contribution in [0, 0.1) is 0 Å². The van der Waals surface area contributed by atoms with Crippen LogP contribution in [0.3, 0.4) is 0 Å². The van der Waals surface area contributed by atoms with Gasteiger partial charge in [-0.2, -0.15) is 0 Å². The van der Waals surface area contributed by atoms with Crippen molar-refractivity contribution in [2.75, 3.05) is 6.61 Å². The molecule has 0 radical (unpaired) electrons. The number of ether oxygens (including phenoxy) is 2. The smallest absolute Gasteiger partial charge is 0.313 e. The molecule has 15 heavy (non-hydrogen) atoms. The van der Waals surface area contributed by atoms with Crippen LogP contribution in [-0.2, 0) is 23.9 Å². The average molecular weight is 216 g/mol. The van der Waals surface area contributed by atoms with E-state index in [1.807, 2.05) is 0 Å². The van der Waals surface area contributed by atoms with Crippen molar-refractivity contribution in [3.05, 3.63) is 0 Å². The van der Waals surface area contributed by atoms with Gasteiger partial charge in [-0.1, -0.05) is 0 Å². The van der Waals surface area contributed by atoms with E-state index < -0.39 is 17.5 Å². The van der Waals surface area contributed by atoms with E-state index >= 15 is 0 Å². The van der Waals surface area contributed by atoms with Gasteiger partial charge in [-0.3, -0.25) is 14.4 Å². The Morgan fingerprint density at radius 2 is 1.67 bits per heavy atom. The standard InChI is InChI=1S/C10H16O5/c1-7(11)5-9(13)14-6-10(3,4)15-8(2)12/h5-6H2,1-4H3. The predicted molar refractivity (Wildman–Crippen MR) is 52.1 cm³/mol. The summed E-state index contributed by atoms with van der Waals surface area (Å²) in [6, 6.07) is 0. The molecule has 86 valence electrons. The molecule has 0 heterocycles. The number of esters is 2. The van der Waals surface area contributed by atoms with Gasteiger partial charge < -0.3 is 9.47 Å². The van der Waals surface area contributed by atoms with Crippen LogP contribution in [0.1, 0.15) is 34.1 Å².